The number of hydrogen-bond acceptors (Lipinski definition) is 4. The minimum Gasteiger partial charge on any atom is -0.294 e. The number of aromatic nitrogens is 5. The van der Waals surface area contributed by atoms with Gasteiger partial charge in [-0.15, -0.1) is 0 Å². The van der Waals surface area contributed by atoms with Crippen LogP contribution in [0.4, 0.5) is 0 Å². The van der Waals surface area contributed by atoms with E-state index in [0.29, 0.717) is 6.54 Å². The van der Waals surface area contributed by atoms with Gasteiger partial charge in [0.05, 0.1) is 17.0 Å². The Morgan fingerprint density at radius 3 is 2.64 bits per heavy atom. The van der Waals surface area contributed by atoms with Crippen LogP contribution in [0.25, 0.3) is 5.65 Å². The third-order valence-electron chi connectivity index (χ3n) is 5.86. The first kappa shape index (κ1) is 18.9. The number of aryl methyl sites for hydroxylation is 2. The highest BCUT2D eigenvalue weighted by Crippen LogP contribution is 2.23. The van der Waals surface area contributed by atoms with E-state index in [9.17, 15) is 4.79 Å². The van der Waals surface area contributed by atoms with Crippen molar-refractivity contribution >= 4 is 5.65 Å². The lowest BCUT2D eigenvalue weighted by atomic mass is 9.93. The topological polar surface area (TPSA) is 71.2 Å². The van der Waals surface area contributed by atoms with Crippen molar-refractivity contribution in [1.82, 2.24) is 29.3 Å². The molecule has 0 radical (unpaired) electrons. The van der Waals surface area contributed by atoms with Gasteiger partial charge in [0.15, 0.2) is 5.65 Å². The standard InChI is InChI=1S/C21H30N6O/c1-7-26-14(3)15(13(2)23-26)11-25-9-8-17-16(12-25)20(28)27-19(22-17)10-18(24-27)21(4,5)6/h10,24H,7-9,11-12H2,1-6H3. The Morgan fingerprint density at radius 1 is 1.25 bits per heavy atom. The van der Waals surface area contributed by atoms with Crippen LogP contribution in [0.2, 0.25) is 0 Å². The Bertz CT molecular complexity index is 1090. The highest BCUT2D eigenvalue weighted by Gasteiger charge is 2.25. The summed E-state index contributed by atoms with van der Waals surface area (Å²) in [4.78, 5) is 20.3. The van der Waals surface area contributed by atoms with Crippen molar-refractivity contribution in [1.29, 1.82) is 0 Å². The molecular weight excluding hydrogens is 352 g/mol. The van der Waals surface area contributed by atoms with E-state index >= 15 is 0 Å². The molecule has 0 aliphatic carbocycles. The molecule has 1 N–H and O–H groups in total. The van der Waals surface area contributed by atoms with Crippen LogP contribution in [0.3, 0.4) is 0 Å². The van der Waals surface area contributed by atoms with Gasteiger partial charge in [-0.2, -0.15) is 5.10 Å². The van der Waals surface area contributed by atoms with Crippen LogP contribution in [0, 0.1) is 13.8 Å². The number of fused-ring (bicyclic) bond motifs is 2. The van der Waals surface area contributed by atoms with E-state index in [4.69, 9.17) is 4.98 Å². The zero-order chi connectivity index (χ0) is 20.2. The molecule has 0 saturated heterocycles. The molecular formula is C21H30N6O. The average Bonchev–Trinajstić information content (AvgIpc) is 3.19. The fourth-order valence-corrected chi connectivity index (χ4v) is 4.05. The lowest BCUT2D eigenvalue weighted by molar-refractivity contribution is 0.240. The van der Waals surface area contributed by atoms with E-state index in [2.05, 4.69) is 61.3 Å². The van der Waals surface area contributed by atoms with E-state index in [1.165, 1.54) is 11.3 Å². The summed E-state index contributed by atoms with van der Waals surface area (Å²) in [7, 11) is 0. The quantitative estimate of drug-likeness (QED) is 0.756. The number of rotatable bonds is 3. The van der Waals surface area contributed by atoms with Crippen LogP contribution >= 0.6 is 0 Å². The highest BCUT2D eigenvalue weighted by atomic mass is 16.1. The SMILES string of the molecule is CCn1nc(C)c(CN2CCc3nc4cc(C(C)(C)C)[nH]n4c(=O)c3C2)c1C. The molecule has 0 amide bonds. The van der Waals surface area contributed by atoms with Crippen LogP contribution in [0.5, 0.6) is 0 Å². The fourth-order valence-electron chi connectivity index (χ4n) is 4.05. The van der Waals surface area contributed by atoms with Crippen LogP contribution in [-0.2, 0) is 31.5 Å². The van der Waals surface area contributed by atoms with Crippen LogP contribution < -0.4 is 5.56 Å². The second-order valence-electron chi connectivity index (χ2n) is 8.88. The molecule has 0 saturated carbocycles. The molecule has 28 heavy (non-hydrogen) atoms. The molecule has 0 unspecified atom stereocenters. The molecule has 0 spiro atoms. The van der Waals surface area contributed by atoms with Gasteiger partial charge < -0.3 is 0 Å². The second kappa shape index (κ2) is 6.58. The van der Waals surface area contributed by atoms with Crippen molar-refractivity contribution in [3.8, 4) is 0 Å². The van der Waals surface area contributed by atoms with Gasteiger partial charge >= 0.3 is 0 Å². The summed E-state index contributed by atoms with van der Waals surface area (Å²) in [5, 5.41) is 7.89. The normalized spacial score (nSPS) is 15.4. The third-order valence-corrected chi connectivity index (χ3v) is 5.86. The molecule has 0 atom stereocenters. The first-order valence-corrected chi connectivity index (χ1v) is 10.1. The molecule has 7 heteroatoms. The van der Waals surface area contributed by atoms with Crippen molar-refractivity contribution < 1.29 is 0 Å². The predicted molar refractivity (Wildman–Crippen MR) is 110 cm³/mol. The van der Waals surface area contributed by atoms with E-state index in [1.54, 1.807) is 4.52 Å². The maximum atomic E-state index is 13.1. The summed E-state index contributed by atoms with van der Waals surface area (Å²) in [6, 6.07) is 2.00. The summed E-state index contributed by atoms with van der Waals surface area (Å²) in [6.07, 6.45) is 0.803. The van der Waals surface area contributed by atoms with Gasteiger partial charge in [0.1, 0.15) is 0 Å². The summed E-state index contributed by atoms with van der Waals surface area (Å²) >= 11 is 0. The minimum absolute atomic E-state index is 0.0258. The number of hydrogen-bond donors (Lipinski definition) is 1. The van der Waals surface area contributed by atoms with Crippen LogP contribution in [-0.4, -0.2) is 35.8 Å². The summed E-state index contributed by atoms with van der Waals surface area (Å²) in [5.41, 5.74) is 7.04. The lowest BCUT2D eigenvalue weighted by Gasteiger charge is -2.27. The lowest BCUT2D eigenvalue weighted by Crippen LogP contribution is -2.36. The molecule has 0 fully saturated rings. The molecule has 150 valence electrons. The first-order valence-electron chi connectivity index (χ1n) is 10.1. The molecule has 4 heterocycles. The largest absolute Gasteiger partial charge is 0.294 e. The maximum absolute atomic E-state index is 13.1. The van der Waals surface area contributed by atoms with Gasteiger partial charge in [-0.05, 0) is 20.8 Å². The molecule has 1 aliphatic heterocycles. The van der Waals surface area contributed by atoms with Gasteiger partial charge in [0.25, 0.3) is 5.56 Å². The Morgan fingerprint density at radius 2 is 2.00 bits per heavy atom. The number of nitrogens with one attached hydrogen (secondary N) is 1. The maximum Gasteiger partial charge on any atom is 0.277 e. The van der Waals surface area contributed by atoms with Crippen LogP contribution in [0.15, 0.2) is 10.9 Å². The van der Waals surface area contributed by atoms with E-state index < -0.39 is 0 Å². The Hall–Kier alpha value is -2.41. The highest BCUT2D eigenvalue weighted by molar-refractivity contribution is 5.44. The van der Waals surface area contributed by atoms with Crippen molar-refractivity contribution in [2.24, 2.45) is 0 Å². The number of nitrogens with zero attached hydrogens (tertiary/aromatic N) is 5. The average molecular weight is 383 g/mol. The molecule has 3 aromatic heterocycles. The molecule has 0 aromatic carbocycles. The molecule has 0 bridgehead atoms. The Balaban J connectivity index is 1.67. The number of H-pyrrole nitrogens is 1. The van der Waals surface area contributed by atoms with Crippen molar-refractivity contribution in [2.45, 2.75) is 73.0 Å². The zero-order valence-corrected chi connectivity index (χ0v) is 17.8. The van der Waals surface area contributed by atoms with Crippen molar-refractivity contribution in [2.75, 3.05) is 6.54 Å². The fraction of sp³-hybridized carbons (Fsp3) is 0.571. The Labute approximate surface area is 165 Å². The van der Waals surface area contributed by atoms with Crippen LogP contribution in [0.1, 0.15) is 61.6 Å². The van der Waals surface area contributed by atoms with E-state index in [-0.39, 0.29) is 11.0 Å². The van der Waals surface area contributed by atoms with Crippen molar-refractivity contribution in [3.05, 3.63) is 50.3 Å². The van der Waals surface area contributed by atoms with Gasteiger partial charge in [-0.1, -0.05) is 20.8 Å². The molecule has 7 nitrogen and oxygen atoms in total. The molecule has 3 aromatic rings. The smallest absolute Gasteiger partial charge is 0.277 e. The summed E-state index contributed by atoms with van der Waals surface area (Å²) in [5.74, 6) is 0. The zero-order valence-electron chi connectivity index (χ0n) is 17.8. The first-order chi connectivity index (χ1) is 13.2. The summed E-state index contributed by atoms with van der Waals surface area (Å²) < 4.78 is 3.66. The summed E-state index contributed by atoms with van der Waals surface area (Å²) in [6.45, 7) is 15.9. The third kappa shape index (κ3) is 3.07. The van der Waals surface area contributed by atoms with Gasteiger partial charge in [0, 0.05) is 61.0 Å². The van der Waals surface area contributed by atoms with Gasteiger partial charge in [-0.25, -0.2) is 9.50 Å². The van der Waals surface area contributed by atoms with Gasteiger partial charge in [0.2, 0.25) is 0 Å². The van der Waals surface area contributed by atoms with Gasteiger partial charge in [-0.3, -0.25) is 19.5 Å². The van der Waals surface area contributed by atoms with E-state index in [0.717, 1.165) is 54.3 Å². The second-order valence-corrected chi connectivity index (χ2v) is 8.88. The monoisotopic (exact) mass is 382 g/mol. The predicted octanol–water partition coefficient (Wildman–Crippen LogP) is 2.71. The van der Waals surface area contributed by atoms with E-state index in [1.807, 2.05) is 6.07 Å². The minimum atomic E-state index is -0.0544. The molecule has 4 rings (SSSR count). The molecule has 1 aliphatic rings. The number of aromatic amines is 1. The van der Waals surface area contributed by atoms with Crippen molar-refractivity contribution in [3.63, 3.8) is 0 Å². The Kier molecular flexibility index (Phi) is 4.45.